The number of halogens is 3. The van der Waals surface area contributed by atoms with Gasteiger partial charge in [-0.25, -0.2) is 8.78 Å². The molecule has 4 nitrogen and oxygen atoms in total. The first-order valence-electron chi connectivity index (χ1n) is 9.72. The van der Waals surface area contributed by atoms with E-state index in [-0.39, 0.29) is 12.8 Å². The Morgan fingerprint density at radius 2 is 1.97 bits per heavy atom. The average Bonchev–Trinajstić information content (AvgIpc) is 2.94. The molecule has 7 heteroatoms. The Labute approximate surface area is 174 Å². The third-order valence-corrected chi connectivity index (χ3v) is 5.82. The fraction of sp³-hybridized carbons (Fsp3) is 0.545. The van der Waals surface area contributed by atoms with Crippen molar-refractivity contribution in [1.82, 2.24) is 0 Å². The summed E-state index contributed by atoms with van der Waals surface area (Å²) in [6.45, 7) is 5.62. The van der Waals surface area contributed by atoms with E-state index in [1.807, 2.05) is 25.1 Å². The summed E-state index contributed by atoms with van der Waals surface area (Å²) in [5.41, 5.74) is 4.15. The van der Waals surface area contributed by atoms with Gasteiger partial charge in [0.25, 0.3) is 0 Å². The molecule has 0 bridgehead atoms. The summed E-state index contributed by atoms with van der Waals surface area (Å²) in [6.07, 6.45) is -0.876. The molecule has 1 unspecified atom stereocenters. The van der Waals surface area contributed by atoms with Crippen molar-refractivity contribution in [1.29, 1.82) is 0 Å². The second-order valence-corrected chi connectivity index (χ2v) is 8.43. The van der Waals surface area contributed by atoms with Crippen LogP contribution in [0.5, 0.6) is 0 Å². The molecule has 3 rings (SSSR count). The first kappa shape index (κ1) is 22.4. The van der Waals surface area contributed by atoms with Crippen LogP contribution in [0.3, 0.4) is 0 Å². The number of allylic oxidation sites excluding steroid dienone is 4. The lowest BCUT2D eigenvalue weighted by Crippen LogP contribution is -2.52. The lowest BCUT2D eigenvalue weighted by molar-refractivity contribution is -0.318. The van der Waals surface area contributed by atoms with Crippen molar-refractivity contribution < 1.29 is 28.5 Å². The van der Waals surface area contributed by atoms with Gasteiger partial charge in [-0.05, 0) is 50.5 Å². The Hall–Kier alpha value is -1.31. The molecule has 1 aromatic rings. The number of hydrogen-bond donors (Lipinski definition) is 2. The molecule has 1 spiro atoms. The molecule has 0 aliphatic carbocycles. The molecule has 160 valence electrons. The number of fused-ring (bicyclic) bond motifs is 2. The highest BCUT2D eigenvalue weighted by Gasteiger charge is 2.50. The smallest absolute Gasteiger partial charge is 0.242 e. The van der Waals surface area contributed by atoms with E-state index in [1.165, 1.54) is 0 Å². The maximum absolute atomic E-state index is 12.5. The van der Waals surface area contributed by atoms with Crippen LogP contribution in [0.2, 0.25) is 5.02 Å². The second kappa shape index (κ2) is 8.82. The number of hydrogen-bond acceptors (Lipinski definition) is 4. The Morgan fingerprint density at radius 1 is 1.28 bits per heavy atom. The van der Waals surface area contributed by atoms with E-state index in [1.54, 1.807) is 19.9 Å². The van der Waals surface area contributed by atoms with Gasteiger partial charge in [0.05, 0.1) is 18.8 Å². The molecule has 2 aliphatic heterocycles. The van der Waals surface area contributed by atoms with E-state index in [2.05, 4.69) is 0 Å². The molecule has 4 atom stereocenters. The average molecular weight is 429 g/mol. The Bertz CT molecular complexity index is 809. The zero-order valence-electron chi connectivity index (χ0n) is 16.8. The number of ether oxygens (including phenoxy) is 2. The maximum atomic E-state index is 12.5. The molecule has 0 saturated carbocycles. The molecule has 2 heterocycles. The summed E-state index contributed by atoms with van der Waals surface area (Å²) in [7, 11) is 0. The molecule has 2 N–H and O–H groups in total. The van der Waals surface area contributed by atoms with Crippen molar-refractivity contribution >= 4 is 11.6 Å². The maximum Gasteiger partial charge on any atom is 0.242 e. The molecular formula is C22H27ClF2O4. The largest absolute Gasteiger partial charge is 0.390 e. The molecular weight excluding hydrogens is 402 g/mol. The predicted molar refractivity (Wildman–Crippen MR) is 107 cm³/mol. The lowest BCUT2D eigenvalue weighted by Gasteiger charge is -2.42. The monoisotopic (exact) mass is 428 g/mol. The van der Waals surface area contributed by atoms with Crippen molar-refractivity contribution in [2.24, 2.45) is 0 Å². The van der Waals surface area contributed by atoms with E-state index in [0.29, 0.717) is 23.6 Å². The fourth-order valence-corrected chi connectivity index (χ4v) is 4.14. The van der Waals surface area contributed by atoms with Crippen LogP contribution in [-0.2, 0) is 28.3 Å². The highest BCUT2D eigenvalue weighted by atomic mass is 35.5. The lowest BCUT2D eigenvalue weighted by atomic mass is 9.89. The Balaban J connectivity index is 1.85. The van der Waals surface area contributed by atoms with Gasteiger partial charge in [-0.1, -0.05) is 34.9 Å². The second-order valence-electron chi connectivity index (χ2n) is 8.03. The minimum atomic E-state index is -2.35. The molecule has 1 aromatic carbocycles. The number of benzene rings is 1. The SMILES string of the molecule is C/C(=C\C=C(/C)CC(F)F)Cc1cc2c(cc1Cl)CO[C@@]21C[C@@H](O)[C@H](O)C(C)O1. The van der Waals surface area contributed by atoms with Crippen molar-refractivity contribution in [3.05, 3.63) is 57.1 Å². The third kappa shape index (κ3) is 4.89. The standard InChI is InChI=1S/C22H27ClF2O4/c1-12(4-5-13(2)7-20(24)25)6-15-8-17-16(9-18(15)23)11-28-22(17)10-19(26)21(27)14(3)29-22/h4-5,8-9,14,19-21,26-27H,6-7,10-11H2,1-3H3/b12-4+,13-5+/t14?,19-,21-,22-/m1/s1. The normalized spacial score (nSPS) is 30.3. The van der Waals surface area contributed by atoms with Crippen molar-refractivity contribution in [3.8, 4) is 0 Å². The van der Waals surface area contributed by atoms with Gasteiger partial charge in [0.1, 0.15) is 6.10 Å². The minimum Gasteiger partial charge on any atom is -0.390 e. The first-order valence-corrected chi connectivity index (χ1v) is 10.1. The summed E-state index contributed by atoms with van der Waals surface area (Å²) >= 11 is 6.46. The van der Waals surface area contributed by atoms with Crippen LogP contribution < -0.4 is 0 Å². The first-order chi connectivity index (χ1) is 13.6. The van der Waals surface area contributed by atoms with Crippen molar-refractivity contribution in [3.63, 3.8) is 0 Å². The van der Waals surface area contributed by atoms with Crippen molar-refractivity contribution in [2.75, 3.05) is 0 Å². The zero-order chi connectivity index (χ0) is 21.3. The van der Waals surface area contributed by atoms with E-state index >= 15 is 0 Å². The van der Waals surface area contributed by atoms with Gasteiger partial charge in [0.2, 0.25) is 6.43 Å². The highest BCUT2D eigenvalue weighted by molar-refractivity contribution is 6.31. The van der Waals surface area contributed by atoms with Crippen LogP contribution in [0.25, 0.3) is 0 Å². The summed E-state index contributed by atoms with van der Waals surface area (Å²) in [4.78, 5) is 0. The molecule has 1 fully saturated rings. The summed E-state index contributed by atoms with van der Waals surface area (Å²) in [5.74, 6) is -1.10. The van der Waals surface area contributed by atoms with E-state index < -0.39 is 30.5 Å². The quantitative estimate of drug-likeness (QED) is 0.670. The number of rotatable bonds is 5. The van der Waals surface area contributed by atoms with Gasteiger partial charge in [0.15, 0.2) is 5.79 Å². The van der Waals surface area contributed by atoms with Crippen LogP contribution >= 0.6 is 11.6 Å². The van der Waals surface area contributed by atoms with Crippen LogP contribution in [0.1, 0.15) is 50.3 Å². The summed E-state index contributed by atoms with van der Waals surface area (Å²) in [5, 5.41) is 20.8. The van der Waals surface area contributed by atoms with Gasteiger partial charge in [-0.15, -0.1) is 0 Å². The number of aliphatic hydroxyl groups excluding tert-OH is 2. The zero-order valence-corrected chi connectivity index (χ0v) is 17.5. The van der Waals surface area contributed by atoms with Crippen LogP contribution in [-0.4, -0.2) is 35.0 Å². The number of aliphatic hydroxyl groups is 2. The van der Waals surface area contributed by atoms with Gasteiger partial charge in [0, 0.05) is 23.4 Å². The third-order valence-electron chi connectivity index (χ3n) is 5.47. The van der Waals surface area contributed by atoms with Gasteiger partial charge < -0.3 is 19.7 Å². The molecule has 0 aromatic heterocycles. The highest BCUT2D eigenvalue weighted by Crippen LogP contribution is 2.47. The summed E-state index contributed by atoms with van der Waals surface area (Å²) in [6, 6.07) is 3.77. The Morgan fingerprint density at radius 3 is 2.62 bits per heavy atom. The molecule has 0 radical (unpaired) electrons. The van der Waals surface area contributed by atoms with Gasteiger partial charge in [-0.2, -0.15) is 0 Å². The van der Waals surface area contributed by atoms with Gasteiger partial charge in [-0.3, -0.25) is 0 Å². The van der Waals surface area contributed by atoms with Gasteiger partial charge >= 0.3 is 0 Å². The minimum absolute atomic E-state index is 0.136. The van der Waals surface area contributed by atoms with E-state index in [9.17, 15) is 19.0 Å². The number of alkyl halides is 2. The molecule has 0 amide bonds. The molecule has 29 heavy (non-hydrogen) atoms. The van der Waals surface area contributed by atoms with Crippen LogP contribution in [0, 0.1) is 0 Å². The Kier molecular flexibility index (Phi) is 6.81. The van der Waals surface area contributed by atoms with Crippen LogP contribution in [0.4, 0.5) is 8.78 Å². The van der Waals surface area contributed by atoms with E-state index in [4.69, 9.17) is 21.1 Å². The topological polar surface area (TPSA) is 58.9 Å². The van der Waals surface area contributed by atoms with Crippen molar-refractivity contribution in [2.45, 2.75) is 77.2 Å². The molecule has 2 aliphatic rings. The summed E-state index contributed by atoms with van der Waals surface area (Å²) < 4.78 is 36.8. The van der Waals surface area contributed by atoms with E-state index in [0.717, 1.165) is 22.3 Å². The molecule has 1 saturated heterocycles. The predicted octanol–water partition coefficient (Wildman–Crippen LogP) is 4.64. The van der Waals surface area contributed by atoms with Crippen LogP contribution in [0.15, 0.2) is 35.4 Å². The fourth-order valence-electron chi connectivity index (χ4n) is 3.89.